The highest BCUT2D eigenvalue weighted by atomic mass is 15.2. The van der Waals surface area contributed by atoms with Crippen LogP contribution in [0.4, 0.5) is 0 Å². The largest absolute Gasteiger partial charge is 0.329 e. The van der Waals surface area contributed by atoms with Gasteiger partial charge >= 0.3 is 0 Å². The molecule has 2 rings (SSSR count). The summed E-state index contributed by atoms with van der Waals surface area (Å²) >= 11 is 0. The maximum atomic E-state index is 6.03. The third kappa shape index (κ3) is 2.93. The van der Waals surface area contributed by atoms with Crippen molar-refractivity contribution in [2.75, 3.05) is 19.6 Å². The van der Waals surface area contributed by atoms with E-state index in [1.54, 1.807) is 0 Å². The van der Waals surface area contributed by atoms with E-state index in [-0.39, 0.29) is 0 Å². The van der Waals surface area contributed by atoms with Crippen molar-refractivity contribution in [3.8, 4) is 0 Å². The molecule has 0 aromatic heterocycles. The van der Waals surface area contributed by atoms with Crippen molar-refractivity contribution < 1.29 is 0 Å². The molecule has 1 aromatic rings. The predicted molar refractivity (Wildman–Crippen MR) is 77.7 cm³/mol. The monoisotopic (exact) mass is 246 g/mol. The Morgan fingerprint density at radius 2 is 1.94 bits per heavy atom. The van der Waals surface area contributed by atoms with Gasteiger partial charge in [0.15, 0.2) is 0 Å². The van der Waals surface area contributed by atoms with Crippen molar-refractivity contribution in [1.82, 2.24) is 4.90 Å². The van der Waals surface area contributed by atoms with Gasteiger partial charge in [0, 0.05) is 19.1 Å². The molecule has 0 saturated carbocycles. The predicted octanol–water partition coefficient (Wildman–Crippen LogP) is 3.04. The van der Waals surface area contributed by atoms with E-state index in [1.807, 2.05) is 0 Å². The van der Waals surface area contributed by atoms with E-state index in [2.05, 4.69) is 43.9 Å². The second-order valence-electron chi connectivity index (χ2n) is 5.73. The highest BCUT2D eigenvalue weighted by molar-refractivity contribution is 5.31. The lowest BCUT2D eigenvalue weighted by Crippen LogP contribution is -2.32. The summed E-state index contributed by atoms with van der Waals surface area (Å²) in [5, 5.41) is 0. The maximum Gasteiger partial charge on any atom is 0.0470 e. The summed E-state index contributed by atoms with van der Waals surface area (Å²) in [4.78, 5) is 2.57. The fourth-order valence-electron chi connectivity index (χ4n) is 3.18. The zero-order valence-electron chi connectivity index (χ0n) is 11.9. The molecule has 100 valence electrons. The normalized spacial score (nSPS) is 22.3. The molecule has 1 saturated heterocycles. The maximum absolute atomic E-state index is 6.03. The van der Waals surface area contributed by atoms with Gasteiger partial charge in [-0.05, 0) is 38.3 Å². The van der Waals surface area contributed by atoms with Gasteiger partial charge in [0.1, 0.15) is 0 Å². The van der Waals surface area contributed by atoms with Crippen molar-refractivity contribution in [1.29, 1.82) is 0 Å². The van der Waals surface area contributed by atoms with Crippen molar-refractivity contribution in [2.45, 2.75) is 39.7 Å². The zero-order chi connectivity index (χ0) is 13.1. The van der Waals surface area contributed by atoms with Crippen LogP contribution in [0.2, 0.25) is 0 Å². The molecule has 2 N–H and O–H groups in total. The molecule has 0 bridgehead atoms. The first-order chi connectivity index (χ1) is 8.63. The topological polar surface area (TPSA) is 29.3 Å². The third-order valence-electron chi connectivity index (χ3n) is 4.19. The lowest BCUT2D eigenvalue weighted by atomic mass is 10.00. The molecule has 1 heterocycles. The van der Waals surface area contributed by atoms with E-state index in [9.17, 15) is 0 Å². The molecular weight excluding hydrogens is 220 g/mol. The standard InChI is InChI=1S/C16H26N2/c1-4-14-5-6-18(11-14)16(10-17)15-8-12(2)7-13(3)9-15/h7-9,14,16H,4-6,10-11,17H2,1-3H3. The van der Waals surface area contributed by atoms with Crippen LogP contribution < -0.4 is 5.73 Å². The molecule has 1 aromatic carbocycles. The minimum absolute atomic E-state index is 0.403. The highest BCUT2D eigenvalue weighted by Crippen LogP contribution is 2.29. The first-order valence-electron chi connectivity index (χ1n) is 7.16. The van der Waals surface area contributed by atoms with Gasteiger partial charge in [-0.25, -0.2) is 0 Å². The molecule has 2 nitrogen and oxygen atoms in total. The number of benzene rings is 1. The first-order valence-corrected chi connectivity index (χ1v) is 7.16. The fraction of sp³-hybridized carbons (Fsp3) is 0.625. The number of nitrogens with two attached hydrogens (primary N) is 1. The van der Waals surface area contributed by atoms with Crippen molar-refractivity contribution >= 4 is 0 Å². The molecule has 1 aliphatic rings. The van der Waals surface area contributed by atoms with Crippen LogP contribution in [0.5, 0.6) is 0 Å². The number of hydrogen-bond acceptors (Lipinski definition) is 2. The van der Waals surface area contributed by atoms with Gasteiger partial charge in [0.2, 0.25) is 0 Å². The molecule has 1 aliphatic heterocycles. The third-order valence-corrected chi connectivity index (χ3v) is 4.19. The molecule has 18 heavy (non-hydrogen) atoms. The zero-order valence-corrected chi connectivity index (χ0v) is 11.9. The van der Waals surface area contributed by atoms with E-state index >= 15 is 0 Å². The van der Waals surface area contributed by atoms with E-state index in [1.165, 1.54) is 42.6 Å². The van der Waals surface area contributed by atoms with Crippen LogP contribution in [-0.2, 0) is 0 Å². The lowest BCUT2D eigenvalue weighted by Gasteiger charge is -2.27. The van der Waals surface area contributed by atoms with E-state index in [0.29, 0.717) is 6.04 Å². The van der Waals surface area contributed by atoms with Gasteiger partial charge in [0.25, 0.3) is 0 Å². The summed E-state index contributed by atoms with van der Waals surface area (Å²) in [6, 6.07) is 7.23. The highest BCUT2D eigenvalue weighted by Gasteiger charge is 2.27. The number of aryl methyl sites for hydroxylation is 2. The van der Waals surface area contributed by atoms with Crippen LogP contribution in [0, 0.1) is 19.8 Å². The van der Waals surface area contributed by atoms with Gasteiger partial charge in [-0.3, -0.25) is 4.90 Å². The quantitative estimate of drug-likeness (QED) is 0.885. The van der Waals surface area contributed by atoms with E-state index < -0.39 is 0 Å². The Morgan fingerprint density at radius 1 is 1.28 bits per heavy atom. The minimum atomic E-state index is 0.403. The molecule has 0 spiro atoms. The summed E-state index contributed by atoms with van der Waals surface area (Å²) in [6.07, 6.45) is 2.62. The Labute approximate surface area is 111 Å². The Balaban J connectivity index is 2.18. The van der Waals surface area contributed by atoms with Gasteiger partial charge in [0.05, 0.1) is 0 Å². The second kappa shape index (κ2) is 5.85. The van der Waals surface area contributed by atoms with Crippen LogP contribution in [0.3, 0.4) is 0 Å². The van der Waals surface area contributed by atoms with Gasteiger partial charge < -0.3 is 5.73 Å². The van der Waals surface area contributed by atoms with Crippen LogP contribution >= 0.6 is 0 Å². The SMILES string of the molecule is CCC1CCN(C(CN)c2cc(C)cc(C)c2)C1. The Morgan fingerprint density at radius 3 is 2.44 bits per heavy atom. The molecule has 0 aliphatic carbocycles. The summed E-state index contributed by atoms with van der Waals surface area (Å²) in [5.74, 6) is 0.866. The Bertz CT molecular complexity index is 380. The van der Waals surface area contributed by atoms with Crippen molar-refractivity contribution in [2.24, 2.45) is 11.7 Å². The summed E-state index contributed by atoms with van der Waals surface area (Å²) < 4.78 is 0. The smallest absolute Gasteiger partial charge is 0.0470 e. The Kier molecular flexibility index (Phi) is 4.41. The van der Waals surface area contributed by atoms with Crippen LogP contribution in [0.25, 0.3) is 0 Å². The van der Waals surface area contributed by atoms with Crippen molar-refractivity contribution in [3.63, 3.8) is 0 Å². The molecule has 2 atom stereocenters. The summed E-state index contributed by atoms with van der Waals surface area (Å²) in [5.41, 5.74) is 10.1. The van der Waals surface area contributed by atoms with Gasteiger partial charge in [-0.1, -0.05) is 42.7 Å². The van der Waals surface area contributed by atoms with Gasteiger partial charge in [-0.15, -0.1) is 0 Å². The van der Waals surface area contributed by atoms with Crippen molar-refractivity contribution in [3.05, 3.63) is 34.9 Å². The number of nitrogens with zero attached hydrogens (tertiary/aromatic N) is 1. The number of rotatable bonds is 4. The van der Waals surface area contributed by atoms with Crippen LogP contribution in [0.1, 0.15) is 42.5 Å². The van der Waals surface area contributed by atoms with Crippen LogP contribution in [0.15, 0.2) is 18.2 Å². The first kappa shape index (κ1) is 13.6. The minimum Gasteiger partial charge on any atom is -0.329 e. The summed E-state index contributed by atoms with van der Waals surface area (Å²) in [6.45, 7) is 9.77. The molecule has 2 unspecified atom stereocenters. The van der Waals surface area contributed by atoms with E-state index in [0.717, 1.165) is 12.5 Å². The second-order valence-corrected chi connectivity index (χ2v) is 5.73. The van der Waals surface area contributed by atoms with Crippen LogP contribution in [-0.4, -0.2) is 24.5 Å². The average Bonchev–Trinajstić information content (AvgIpc) is 2.77. The lowest BCUT2D eigenvalue weighted by molar-refractivity contribution is 0.240. The van der Waals surface area contributed by atoms with E-state index in [4.69, 9.17) is 5.73 Å². The fourth-order valence-corrected chi connectivity index (χ4v) is 3.18. The average molecular weight is 246 g/mol. The Hall–Kier alpha value is -0.860. The molecule has 2 heteroatoms. The van der Waals surface area contributed by atoms with Gasteiger partial charge in [-0.2, -0.15) is 0 Å². The molecule has 1 fully saturated rings. The molecule has 0 amide bonds. The molecular formula is C16H26N2. The molecule has 0 radical (unpaired) electrons. The summed E-state index contributed by atoms with van der Waals surface area (Å²) in [7, 11) is 0. The number of hydrogen-bond donors (Lipinski definition) is 1. The number of likely N-dealkylation sites (tertiary alicyclic amines) is 1.